The maximum atomic E-state index is 8.55. The van der Waals surface area contributed by atoms with Gasteiger partial charge in [0.25, 0.3) is 6.26 Å². The first-order valence-corrected chi connectivity index (χ1v) is 7.17. The fourth-order valence-electron chi connectivity index (χ4n) is 3.10. The molecular weight excluding hydrogens is 258 g/mol. The Kier molecular flexibility index (Phi) is 3.50. The zero-order chi connectivity index (χ0) is 14.8. The first kappa shape index (κ1) is 13.5. The van der Waals surface area contributed by atoms with Crippen molar-refractivity contribution >= 4 is 11.6 Å². The number of hydrogen-bond acceptors (Lipinski definition) is 2. The van der Waals surface area contributed by atoms with Gasteiger partial charge in [0.05, 0.1) is 0 Å². The molecule has 2 heteroatoms. The number of nitriles is 1. The zero-order valence-electron chi connectivity index (χ0n) is 12.2. The number of allylic oxidation sites excluding steroid dienone is 1. The molecule has 0 radical (unpaired) electrons. The summed E-state index contributed by atoms with van der Waals surface area (Å²) in [5.41, 5.74) is 5.24. The number of ether oxygens (including phenoxy) is 1. The third-order valence-corrected chi connectivity index (χ3v) is 3.99. The van der Waals surface area contributed by atoms with Crippen LogP contribution < -0.4 is 4.74 Å². The molecule has 0 bridgehead atoms. The van der Waals surface area contributed by atoms with E-state index < -0.39 is 0 Å². The summed E-state index contributed by atoms with van der Waals surface area (Å²) in [5.74, 6) is 1.54. The van der Waals surface area contributed by atoms with Gasteiger partial charge in [-0.2, -0.15) is 0 Å². The lowest BCUT2D eigenvalue weighted by atomic mass is 9.83. The third kappa shape index (κ3) is 2.43. The molecule has 21 heavy (non-hydrogen) atoms. The minimum atomic E-state index is 0.420. The number of rotatable bonds is 3. The molecule has 0 N–H and O–H groups in total. The van der Waals surface area contributed by atoms with Gasteiger partial charge >= 0.3 is 0 Å². The van der Waals surface area contributed by atoms with E-state index in [1.165, 1.54) is 22.3 Å². The molecule has 1 unspecified atom stereocenters. The Hall–Kier alpha value is -2.53. The Morgan fingerprint density at radius 1 is 1.05 bits per heavy atom. The minimum absolute atomic E-state index is 0.420. The van der Waals surface area contributed by atoms with Crippen LogP contribution in [0.1, 0.15) is 36.5 Å². The highest BCUT2D eigenvalue weighted by Gasteiger charge is 2.28. The van der Waals surface area contributed by atoms with E-state index in [0.29, 0.717) is 17.6 Å². The molecule has 2 aromatic carbocycles. The van der Waals surface area contributed by atoms with E-state index in [1.807, 2.05) is 24.3 Å². The van der Waals surface area contributed by atoms with E-state index in [9.17, 15) is 0 Å². The van der Waals surface area contributed by atoms with Crippen molar-refractivity contribution in [3.63, 3.8) is 0 Å². The highest BCUT2D eigenvalue weighted by molar-refractivity contribution is 5.91. The Labute approximate surface area is 125 Å². The number of fused-ring (bicyclic) bond motifs is 1. The molecule has 1 aliphatic carbocycles. The molecule has 0 spiro atoms. The van der Waals surface area contributed by atoms with Gasteiger partial charge in [-0.15, -0.1) is 5.26 Å². The zero-order valence-corrected chi connectivity index (χ0v) is 12.2. The van der Waals surface area contributed by atoms with Crippen molar-refractivity contribution in [1.29, 1.82) is 5.26 Å². The molecule has 104 valence electrons. The van der Waals surface area contributed by atoms with Crippen LogP contribution in [0.4, 0.5) is 0 Å². The van der Waals surface area contributed by atoms with Crippen molar-refractivity contribution in [1.82, 2.24) is 0 Å². The summed E-state index contributed by atoms with van der Waals surface area (Å²) in [6.45, 7) is 4.52. The maximum absolute atomic E-state index is 8.55. The van der Waals surface area contributed by atoms with E-state index in [2.05, 4.69) is 44.2 Å². The number of nitrogens with zero attached hydrogens (tertiary/aromatic N) is 1. The van der Waals surface area contributed by atoms with Crippen molar-refractivity contribution in [3.8, 4) is 12.0 Å². The lowest BCUT2D eigenvalue weighted by molar-refractivity contribution is 0.507. The van der Waals surface area contributed by atoms with Crippen LogP contribution in [-0.4, -0.2) is 0 Å². The average Bonchev–Trinajstić information content (AvgIpc) is 2.88. The molecule has 0 aromatic heterocycles. The van der Waals surface area contributed by atoms with Gasteiger partial charge in [0.2, 0.25) is 0 Å². The molecule has 1 atom stereocenters. The molecule has 3 rings (SSSR count). The van der Waals surface area contributed by atoms with Gasteiger partial charge in [-0.3, -0.25) is 0 Å². The van der Waals surface area contributed by atoms with Crippen LogP contribution >= 0.6 is 0 Å². The highest BCUT2D eigenvalue weighted by atomic mass is 16.5. The Balaban J connectivity index is 2.00. The highest BCUT2D eigenvalue weighted by Crippen LogP contribution is 2.45. The summed E-state index contributed by atoms with van der Waals surface area (Å²) < 4.78 is 4.85. The predicted molar refractivity (Wildman–Crippen MR) is 84.6 cm³/mol. The van der Waals surface area contributed by atoms with Crippen molar-refractivity contribution in [3.05, 3.63) is 65.2 Å². The van der Waals surface area contributed by atoms with Crippen LogP contribution in [0.5, 0.6) is 5.75 Å². The maximum Gasteiger partial charge on any atom is 0.292 e. The Morgan fingerprint density at radius 3 is 2.43 bits per heavy atom. The summed E-state index contributed by atoms with van der Waals surface area (Å²) in [7, 11) is 0. The molecule has 0 heterocycles. The second-order valence-electron chi connectivity index (χ2n) is 5.67. The molecule has 2 aromatic rings. The third-order valence-electron chi connectivity index (χ3n) is 3.99. The van der Waals surface area contributed by atoms with Gasteiger partial charge in [-0.25, -0.2) is 0 Å². The summed E-state index contributed by atoms with van der Waals surface area (Å²) in [6.07, 6.45) is 3.98. The lowest BCUT2D eigenvalue weighted by Crippen LogP contribution is -2.06. The molecule has 0 saturated carbocycles. The smallest absolute Gasteiger partial charge is 0.292 e. The summed E-state index contributed by atoms with van der Waals surface area (Å²) in [5, 5.41) is 8.55. The van der Waals surface area contributed by atoms with E-state index in [4.69, 9.17) is 10.00 Å². The van der Waals surface area contributed by atoms with E-state index in [0.717, 1.165) is 0 Å². The van der Waals surface area contributed by atoms with Gasteiger partial charge < -0.3 is 4.74 Å². The van der Waals surface area contributed by atoms with E-state index >= 15 is 0 Å². The molecule has 2 nitrogen and oxygen atoms in total. The molecular formula is C19H17NO. The van der Waals surface area contributed by atoms with Crippen LogP contribution in [0.3, 0.4) is 0 Å². The monoisotopic (exact) mass is 275 g/mol. The fourth-order valence-corrected chi connectivity index (χ4v) is 3.10. The van der Waals surface area contributed by atoms with Gasteiger partial charge in [-0.1, -0.05) is 56.3 Å². The van der Waals surface area contributed by atoms with Crippen molar-refractivity contribution in [2.75, 3.05) is 0 Å². The topological polar surface area (TPSA) is 33.0 Å². The summed E-state index contributed by atoms with van der Waals surface area (Å²) in [4.78, 5) is 0. The van der Waals surface area contributed by atoms with Crippen LogP contribution in [0.25, 0.3) is 11.6 Å². The first-order valence-electron chi connectivity index (χ1n) is 7.17. The van der Waals surface area contributed by atoms with Gasteiger partial charge in [0.15, 0.2) is 0 Å². The van der Waals surface area contributed by atoms with Crippen molar-refractivity contribution in [2.24, 2.45) is 5.92 Å². The second-order valence-corrected chi connectivity index (χ2v) is 5.67. The fraction of sp³-hybridized carbons (Fsp3) is 0.211. The minimum Gasteiger partial charge on any atom is -0.388 e. The van der Waals surface area contributed by atoms with Crippen LogP contribution in [0.2, 0.25) is 0 Å². The molecule has 0 aliphatic heterocycles. The largest absolute Gasteiger partial charge is 0.388 e. The average molecular weight is 275 g/mol. The molecule has 0 fully saturated rings. The SMILES string of the molecule is CC(C)C1C(c2ccc(OC#N)cc2)=Cc2ccccc21. The van der Waals surface area contributed by atoms with E-state index in [-0.39, 0.29) is 0 Å². The number of benzene rings is 2. The summed E-state index contributed by atoms with van der Waals surface area (Å²) >= 11 is 0. The van der Waals surface area contributed by atoms with Gasteiger partial charge in [-0.05, 0) is 40.3 Å². The van der Waals surface area contributed by atoms with Crippen LogP contribution in [0, 0.1) is 17.4 Å². The molecule has 1 aliphatic rings. The normalized spacial score (nSPS) is 16.3. The van der Waals surface area contributed by atoms with Crippen LogP contribution in [0.15, 0.2) is 48.5 Å². The Bertz CT molecular complexity index is 720. The summed E-state index contributed by atoms with van der Waals surface area (Å²) in [6, 6.07) is 16.3. The van der Waals surface area contributed by atoms with Crippen molar-refractivity contribution in [2.45, 2.75) is 19.8 Å². The quantitative estimate of drug-likeness (QED) is 0.751. The van der Waals surface area contributed by atoms with Crippen molar-refractivity contribution < 1.29 is 4.74 Å². The van der Waals surface area contributed by atoms with Gasteiger partial charge in [0.1, 0.15) is 5.75 Å². The standard InChI is InChI=1S/C19H17NO/c1-13(2)19-17-6-4-3-5-15(17)11-18(19)14-7-9-16(10-8-14)21-12-20/h3-11,13,19H,1-2H3. The predicted octanol–water partition coefficient (Wildman–Crippen LogP) is 4.84. The number of hydrogen-bond donors (Lipinski definition) is 0. The lowest BCUT2D eigenvalue weighted by Gasteiger charge is -2.21. The molecule has 0 saturated heterocycles. The van der Waals surface area contributed by atoms with Gasteiger partial charge in [0, 0.05) is 5.92 Å². The van der Waals surface area contributed by atoms with Crippen LogP contribution in [-0.2, 0) is 0 Å². The van der Waals surface area contributed by atoms with E-state index in [1.54, 1.807) is 6.26 Å². The molecule has 0 amide bonds. The Morgan fingerprint density at radius 2 is 1.76 bits per heavy atom. The second kappa shape index (κ2) is 5.46. The first-order chi connectivity index (χ1) is 10.2.